The molecule has 3 heterocycles. The van der Waals surface area contributed by atoms with Crippen molar-refractivity contribution in [3.05, 3.63) is 89.5 Å². The second-order valence-corrected chi connectivity index (χ2v) is 8.62. The fourth-order valence-corrected chi connectivity index (χ4v) is 4.33. The standard InChI is InChI=1S/C26H23ClN6O2/c27-24-21-5-2-1-4-19(21)17-22(31-24)25(35)30-20-8-6-18(7-9-20)16-23(34)32-12-14-33(15-13-32)26-28-10-3-11-29-26/h1-11,17H,12-16H2,(H,30,35). The van der Waals surface area contributed by atoms with Crippen LogP contribution in [-0.4, -0.2) is 57.8 Å². The summed E-state index contributed by atoms with van der Waals surface area (Å²) in [6, 6.07) is 18.3. The Balaban J connectivity index is 1.16. The molecule has 0 unspecified atom stereocenters. The first-order valence-corrected chi connectivity index (χ1v) is 11.7. The van der Waals surface area contributed by atoms with Crippen LogP contribution in [0.5, 0.6) is 0 Å². The molecule has 0 atom stereocenters. The van der Waals surface area contributed by atoms with E-state index in [4.69, 9.17) is 11.6 Å². The fourth-order valence-electron chi connectivity index (χ4n) is 4.07. The van der Waals surface area contributed by atoms with Crippen LogP contribution in [0.3, 0.4) is 0 Å². The average molecular weight is 487 g/mol. The van der Waals surface area contributed by atoms with Crippen molar-refractivity contribution in [1.29, 1.82) is 0 Å². The van der Waals surface area contributed by atoms with Gasteiger partial charge in [-0.1, -0.05) is 48.0 Å². The number of fused-ring (bicyclic) bond motifs is 1. The Morgan fingerprint density at radius 3 is 2.37 bits per heavy atom. The van der Waals surface area contributed by atoms with Crippen molar-refractivity contribution in [2.45, 2.75) is 6.42 Å². The maximum atomic E-state index is 12.8. The number of carbonyl (C=O) groups excluding carboxylic acids is 2. The van der Waals surface area contributed by atoms with Crippen molar-refractivity contribution in [2.24, 2.45) is 0 Å². The zero-order valence-electron chi connectivity index (χ0n) is 18.9. The van der Waals surface area contributed by atoms with E-state index in [1.807, 2.05) is 41.3 Å². The molecule has 0 radical (unpaired) electrons. The number of amides is 2. The summed E-state index contributed by atoms with van der Waals surface area (Å²) in [7, 11) is 0. The third-order valence-electron chi connectivity index (χ3n) is 5.96. The third kappa shape index (κ3) is 5.22. The zero-order valence-corrected chi connectivity index (χ0v) is 19.7. The van der Waals surface area contributed by atoms with E-state index in [1.54, 1.807) is 36.7 Å². The lowest BCUT2D eigenvalue weighted by molar-refractivity contribution is -0.130. The van der Waals surface area contributed by atoms with Crippen molar-refractivity contribution in [1.82, 2.24) is 19.9 Å². The Bertz CT molecular complexity index is 1360. The predicted octanol–water partition coefficient (Wildman–Crippen LogP) is 3.82. The SMILES string of the molecule is O=C(Nc1ccc(CC(=O)N2CCN(c3ncccn3)CC2)cc1)c1cc2ccccc2c(Cl)n1. The van der Waals surface area contributed by atoms with E-state index in [0.717, 1.165) is 16.3 Å². The van der Waals surface area contributed by atoms with Crippen LogP contribution >= 0.6 is 11.6 Å². The highest BCUT2D eigenvalue weighted by Gasteiger charge is 2.22. The van der Waals surface area contributed by atoms with Gasteiger partial charge >= 0.3 is 0 Å². The van der Waals surface area contributed by atoms with Gasteiger partial charge in [0.2, 0.25) is 11.9 Å². The van der Waals surface area contributed by atoms with Gasteiger partial charge in [-0.05, 0) is 35.2 Å². The second-order valence-electron chi connectivity index (χ2n) is 8.26. The van der Waals surface area contributed by atoms with Crippen molar-refractivity contribution in [3.8, 4) is 0 Å². The number of aromatic nitrogens is 3. The van der Waals surface area contributed by atoms with Crippen LogP contribution in [0.1, 0.15) is 16.1 Å². The normalized spacial score (nSPS) is 13.6. The van der Waals surface area contributed by atoms with Gasteiger partial charge in [-0.15, -0.1) is 0 Å². The van der Waals surface area contributed by atoms with Crippen molar-refractivity contribution in [3.63, 3.8) is 0 Å². The smallest absolute Gasteiger partial charge is 0.274 e. The molecule has 0 bridgehead atoms. The third-order valence-corrected chi connectivity index (χ3v) is 6.25. The van der Waals surface area contributed by atoms with Crippen LogP contribution in [0.2, 0.25) is 5.15 Å². The van der Waals surface area contributed by atoms with Crippen molar-refractivity contribution in [2.75, 3.05) is 36.4 Å². The summed E-state index contributed by atoms with van der Waals surface area (Å²) in [5, 5.41) is 4.78. The first-order chi connectivity index (χ1) is 17.1. The van der Waals surface area contributed by atoms with Gasteiger partial charge in [-0.2, -0.15) is 0 Å². The summed E-state index contributed by atoms with van der Waals surface area (Å²) in [5.74, 6) is 0.422. The molecule has 0 saturated carbocycles. The fraction of sp³-hybridized carbons (Fsp3) is 0.192. The Morgan fingerprint density at radius 2 is 1.63 bits per heavy atom. The van der Waals surface area contributed by atoms with E-state index in [1.165, 1.54) is 0 Å². The minimum atomic E-state index is -0.346. The number of halogens is 1. The number of nitrogens with zero attached hydrogens (tertiary/aromatic N) is 5. The maximum absolute atomic E-state index is 12.8. The highest BCUT2D eigenvalue weighted by atomic mass is 35.5. The number of piperazine rings is 1. The lowest BCUT2D eigenvalue weighted by atomic mass is 10.1. The number of anilines is 2. The van der Waals surface area contributed by atoms with E-state index in [-0.39, 0.29) is 17.5 Å². The van der Waals surface area contributed by atoms with Crippen LogP contribution in [0.4, 0.5) is 11.6 Å². The highest BCUT2D eigenvalue weighted by Crippen LogP contribution is 2.23. The summed E-state index contributed by atoms with van der Waals surface area (Å²) in [4.78, 5) is 42.2. The first kappa shape index (κ1) is 22.7. The molecule has 1 aliphatic rings. The summed E-state index contributed by atoms with van der Waals surface area (Å²) in [5.41, 5.74) is 1.75. The molecule has 5 rings (SSSR count). The van der Waals surface area contributed by atoms with Crippen LogP contribution < -0.4 is 10.2 Å². The predicted molar refractivity (Wildman–Crippen MR) is 136 cm³/mol. The van der Waals surface area contributed by atoms with Gasteiger partial charge < -0.3 is 15.1 Å². The van der Waals surface area contributed by atoms with Crippen LogP contribution in [0, 0.1) is 0 Å². The number of hydrogen-bond donors (Lipinski definition) is 1. The topological polar surface area (TPSA) is 91.3 Å². The van der Waals surface area contributed by atoms with Gasteiger partial charge in [0.15, 0.2) is 0 Å². The molecule has 1 N–H and O–H groups in total. The number of hydrogen-bond acceptors (Lipinski definition) is 6. The Morgan fingerprint density at radius 1 is 0.914 bits per heavy atom. The average Bonchev–Trinajstić information content (AvgIpc) is 2.90. The van der Waals surface area contributed by atoms with Crippen LogP contribution in [0.15, 0.2) is 73.1 Å². The maximum Gasteiger partial charge on any atom is 0.274 e. The molecule has 0 aliphatic carbocycles. The highest BCUT2D eigenvalue weighted by molar-refractivity contribution is 6.34. The van der Waals surface area contributed by atoms with Gasteiger partial charge in [-0.25, -0.2) is 15.0 Å². The molecule has 8 nitrogen and oxygen atoms in total. The summed E-state index contributed by atoms with van der Waals surface area (Å²) < 4.78 is 0. The molecule has 35 heavy (non-hydrogen) atoms. The number of carbonyl (C=O) groups is 2. The Hall–Kier alpha value is -4.04. The number of benzene rings is 2. The molecule has 1 saturated heterocycles. The van der Waals surface area contributed by atoms with Gasteiger partial charge in [0.05, 0.1) is 6.42 Å². The molecule has 176 valence electrons. The minimum Gasteiger partial charge on any atom is -0.339 e. The summed E-state index contributed by atoms with van der Waals surface area (Å²) in [6.45, 7) is 2.67. The number of nitrogens with one attached hydrogen (secondary N) is 1. The molecule has 1 aliphatic heterocycles. The van der Waals surface area contributed by atoms with Crippen molar-refractivity contribution >= 4 is 45.8 Å². The van der Waals surface area contributed by atoms with Gasteiger partial charge in [0.25, 0.3) is 5.91 Å². The molecule has 4 aromatic rings. The molecule has 2 aromatic heterocycles. The monoisotopic (exact) mass is 486 g/mol. The van der Waals surface area contributed by atoms with Gasteiger partial charge in [-0.3, -0.25) is 9.59 Å². The Labute approximate surface area is 207 Å². The molecule has 2 amide bonds. The molecule has 1 fully saturated rings. The van der Waals surface area contributed by atoms with E-state index in [0.29, 0.717) is 49.4 Å². The quantitative estimate of drug-likeness (QED) is 0.431. The van der Waals surface area contributed by atoms with Crippen molar-refractivity contribution < 1.29 is 9.59 Å². The lowest BCUT2D eigenvalue weighted by Crippen LogP contribution is -2.49. The molecule has 9 heteroatoms. The van der Waals surface area contributed by atoms with E-state index in [9.17, 15) is 9.59 Å². The molecular formula is C26H23ClN6O2. The molecular weight excluding hydrogens is 464 g/mol. The van der Waals surface area contributed by atoms with Gasteiger partial charge in [0, 0.05) is 49.6 Å². The largest absolute Gasteiger partial charge is 0.339 e. The molecule has 2 aromatic carbocycles. The lowest BCUT2D eigenvalue weighted by Gasteiger charge is -2.34. The summed E-state index contributed by atoms with van der Waals surface area (Å²) >= 11 is 6.25. The van der Waals surface area contributed by atoms with E-state index >= 15 is 0 Å². The number of rotatable bonds is 5. The van der Waals surface area contributed by atoms with E-state index < -0.39 is 0 Å². The minimum absolute atomic E-state index is 0.0745. The first-order valence-electron chi connectivity index (χ1n) is 11.3. The summed E-state index contributed by atoms with van der Waals surface area (Å²) in [6.07, 6.45) is 3.75. The Kier molecular flexibility index (Phi) is 6.54. The van der Waals surface area contributed by atoms with Gasteiger partial charge in [0.1, 0.15) is 10.8 Å². The van der Waals surface area contributed by atoms with Crippen LogP contribution in [0.25, 0.3) is 10.8 Å². The molecule has 0 spiro atoms. The zero-order chi connectivity index (χ0) is 24.2. The number of pyridine rings is 1. The van der Waals surface area contributed by atoms with E-state index in [2.05, 4.69) is 25.2 Å². The second kappa shape index (κ2) is 10.1. The van der Waals surface area contributed by atoms with Crippen LogP contribution in [-0.2, 0) is 11.2 Å².